The minimum absolute atomic E-state index is 0.156. The number of carbonyl (C=O) groups is 1. The van der Waals surface area contributed by atoms with E-state index in [1.807, 2.05) is 6.07 Å². The molecule has 1 aromatic rings. The molecule has 1 aliphatic carbocycles. The third kappa shape index (κ3) is 2.89. The van der Waals surface area contributed by atoms with E-state index in [9.17, 15) is 4.79 Å². The molecule has 0 unspecified atom stereocenters. The second-order valence-electron chi connectivity index (χ2n) is 5.18. The number of nitrogens with one attached hydrogen (secondary N) is 1. The van der Waals surface area contributed by atoms with Crippen molar-refractivity contribution in [1.82, 2.24) is 5.32 Å². The number of Topliss-reactive ketones (excluding diaryl/α,β-unsaturated/α-hetero) is 1. The van der Waals surface area contributed by atoms with Gasteiger partial charge in [0, 0.05) is 24.6 Å². The van der Waals surface area contributed by atoms with Gasteiger partial charge in [0.05, 0.1) is 0 Å². The third-order valence-corrected chi connectivity index (χ3v) is 3.83. The fourth-order valence-electron chi connectivity index (χ4n) is 2.73. The zero-order valence-corrected chi connectivity index (χ0v) is 11.0. The van der Waals surface area contributed by atoms with Gasteiger partial charge in [-0.15, -0.1) is 0 Å². The minimum atomic E-state index is 0.156. The van der Waals surface area contributed by atoms with Crippen LogP contribution in [0.4, 0.5) is 0 Å². The molecule has 3 rings (SSSR count). The SMILES string of the molecule is O=C(CCNC1CCCC1)c1ccc2c(c1)OCO2. The van der Waals surface area contributed by atoms with Crippen LogP contribution < -0.4 is 14.8 Å². The predicted octanol–water partition coefficient (Wildman–Crippen LogP) is 2.52. The standard InChI is InChI=1S/C15H19NO3/c17-13(7-8-16-12-3-1-2-4-12)11-5-6-14-15(9-11)19-10-18-14/h5-6,9,12,16H,1-4,7-8,10H2. The molecule has 1 heterocycles. The van der Waals surface area contributed by atoms with Gasteiger partial charge in [0.15, 0.2) is 17.3 Å². The zero-order valence-electron chi connectivity index (χ0n) is 11.0. The molecule has 19 heavy (non-hydrogen) atoms. The summed E-state index contributed by atoms with van der Waals surface area (Å²) in [5.41, 5.74) is 0.706. The average molecular weight is 261 g/mol. The van der Waals surface area contributed by atoms with Crippen LogP contribution in [-0.2, 0) is 0 Å². The molecule has 0 spiro atoms. The molecule has 1 aliphatic heterocycles. The highest BCUT2D eigenvalue weighted by Gasteiger charge is 2.17. The molecule has 0 aromatic heterocycles. The summed E-state index contributed by atoms with van der Waals surface area (Å²) in [5.74, 6) is 1.55. The number of hydrogen-bond acceptors (Lipinski definition) is 4. The molecule has 0 amide bonds. The van der Waals surface area contributed by atoms with E-state index in [2.05, 4.69) is 5.32 Å². The molecule has 1 saturated carbocycles. The first-order valence-corrected chi connectivity index (χ1v) is 6.99. The monoisotopic (exact) mass is 261 g/mol. The Labute approximate surface area is 113 Å². The molecule has 0 saturated heterocycles. The number of carbonyl (C=O) groups excluding carboxylic acids is 1. The fraction of sp³-hybridized carbons (Fsp3) is 0.533. The van der Waals surface area contributed by atoms with E-state index in [1.165, 1.54) is 25.7 Å². The summed E-state index contributed by atoms with van der Waals surface area (Å²) in [6.07, 6.45) is 5.66. The Kier molecular flexibility index (Phi) is 3.69. The van der Waals surface area contributed by atoms with E-state index < -0.39 is 0 Å². The summed E-state index contributed by atoms with van der Waals surface area (Å²) in [5, 5.41) is 3.46. The van der Waals surface area contributed by atoms with Crippen LogP contribution in [0, 0.1) is 0 Å². The van der Waals surface area contributed by atoms with E-state index in [0.717, 1.165) is 12.3 Å². The van der Waals surface area contributed by atoms with Crippen molar-refractivity contribution in [3.8, 4) is 11.5 Å². The van der Waals surface area contributed by atoms with Crippen molar-refractivity contribution in [1.29, 1.82) is 0 Å². The van der Waals surface area contributed by atoms with E-state index in [4.69, 9.17) is 9.47 Å². The predicted molar refractivity (Wildman–Crippen MR) is 71.8 cm³/mol. The summed E-state index contributed by atoms with van der Waals surface area (Å²) in [7, 11) is 0. The van der Waals surface area contributed by atoms with E-state index in [0.29, 0.717) is 23.8 Å². The Bertz CT molecular complexity index is 466. The molecule has 1 N–H and O–H groups in total. The first-order valence-electron chi connectivity index (χ1n) is 6.99. The zero-order chi connectivity index (χ0) is 13.1. The highest BCUT2D eigenvalue weighted by molar-refractivity contribution is 5.96. The average Bonchev–Trinajstić information content (AvgIpc) is 3.08. The molecular formula is C15H19NO3. The molecule has 0 atom stereocenters. The Balaban J connectivity index is 1.52. The van der Waals surface area contributed by atoms with Gasteiger partial charge in [0.25, 0.3) is 0 Å². The molecule has 2 aliphatic rings. The van der Waals surface area contributed by atoms with E-state index in [1.54, 1.807) is 12.1 Å². The highest BCUT2D eigenvalue weighted by Crippen LogP contribution is 2.32. The largest absolute Gasteiger partial charge is 0.454 e. The Morgan fingerprint density at radius 2 is 2.00 bits per heavy atom. The Morgan fingerprint density at radius 1 is 1.21 bits per heavy atom. The van der Waals surface area contributed by atoms with Gasteiger partial charge in [-0.2, -0.15) is 0 Å². The lowest BCUT2D eigenvalue weighted by Gasteiger charge is -2.11. The van der Waals surface area contributed by atoms with Crippen molar-refractivity contribution in [2.24, 2.45) is 0 Å². The van der Waals surface area contributed by atoms with Gasteiger partial charge in [-0.3, -0.25) is 4.79 Å². The van der Waals surface area contributed by atoms with Crippen molar-refractivity contribution in [2.75, 3.05) is 13.3 Å². The third-order valence-electron chi connectivity index (χ3n) is 3.83. The lowest BCUT2D eigenvalue weighted by atomic mass is 10.1. The molecule has 1 fully saturated rings. The summed E-state index contributed by atoms with van der Waals surface area (Å²) in [6.45, 7) is 1.01. The second kappa shape index (κ2) is 5.61. The number of ketones is 1. The molecule has 0 bridgehead atoms. The van der Waals surface area contributed by atoms with Crippen molar-refractivity contribution in [3.63, 3.8) is 0 Å². The van der Waals surface area contributed by atoms with Crippen molar-refractivity contribution in [3.05, 3.63) is 23.8 Å². The van der Waals surface area contributed by atoms with Gasteiger partial charge in [-0.25, -0.2) is 0 Å². The lowest BCUT2D eigenvalue weighted by molar-refractivity contribution is 0.0981. The van der Waals surface area contributed by atoms with E-state index in [-0.39, 0.29) is 12.6 Å². The van der Waals surface area contributed by atoms with Crippen LogP contribution in [-0.4, -0.2) is 25.2 Å². The summed E-state index contributed by atoms with van der Waals surface area (Å²) < 4.78 is 10.5. The van der Waals surface area contributed by atoms with Crippen LogP contribution in [0.5, 0.6) is 11.5 Å². The molecule has 4 heteroatoms. The van der Waals surface area contributed by atoms with Gasteiger partial charge < -0.3 is 14.8 Å². The van der Waals surface area contributed by atoms with Crippen LogP contribution in [0.1, 0.15) is 42.5 Å². The number of ether oxygens (including phenoxy) is 2. The van der Waals surface area contributed by atoms with Gasteiger partial charge in [-0.1, -0.05) is 12.8 Å². The molecular weight excluding hydrogens is 242 g/mol. The van der Waals surface area contributed by atoms with Gasteiger partial charge >= 0.3 is 0 Å². The normalized spacial score (nSPS) is 17.9. The van der Waals surface area contributed by atoms with Crippen molar-refractivity contribution in [2.45, 2.75) is 38.1 Å². The topological polar surface area (TPSA) is 47.6 Å². The Hall–Kier alpha value is -1.55. The molecule has 1 aromatic carbocycles. The van der Waals surface area contributed by atoms with Crippen molar-refractivity contribution < 1.29 is 14.3 Å². The van der Waals surface area contributed by atoms with Crippen molar-refractivity contribution >= 4 is 5.78 Å². The smallest absolute Gasteiger partial charge is 0.231 e. The first-order chi connectivity index (χ1) is 9.33. The Morgan fingerprint density at radius 3 is 2.84 bits per heavy atom. The maximum absolute atomic E-state index is 12.1. The van der Waals surface area contributed by atoms with Crippen LogP contribution in [0.25, 0.3) is 0 Å². The van der Waals surface area contributed by atoms with Crippen LogP contribution in [0.2, 0.25) is 0 Å². The molecule has 0 radical (unpaired) electrons. The van der Waals surface area contributed by atoms with E-state index >= 15 is 0 Å². The highest BCUT2D eigenvalue weighted by atomic mass is 16.7. The van der Waals surface area contributed by atoms with Gasteiger partial charge in [-0.05, 0) is 31.0 Å². The summed E-state index contributed by atoms with van der Waals surface area (Å²) in [4.78, 5) is 12.1. The van der Waals surface area contributed by atoms with Gasteiger partial charge in [0.1, 0.15) is 0 Å². The second-order valence-corrected chi connectivity index (χ2v) is 5.18. The number of rotatable bonds is 5. The molecule has 102 valence electrons. The van der Waals surface area contributed by atoms with Crippen LogP contribution in [0.3, 0.4) is 0 Å². The summed E-state index contributed by atoms with van der Waals surface area (Å²) in [6, 6.07) is 6.01. The van der Waals surface area contributed by atoms with Crippen LogP contribution >= 0.6 is 0 Å². The molecule has 4 nitrogen and oxygen atoms in total. The number of hydrogen-bond donors (Lipinski definition) is 1. The number of benzene rings is 1. The lowest BCUT2D eigenvalue weighted by Crippen LogP contribution is -2.28. The van der Waals surface area contributed by atoms with Crippen LogP contribution in [0.15, 0.2) is 18.2 Å². The maximum Gasteiger partial charge on any atom is 0.231 e. The van der Waals surface area contributed by atoms with Gasteiger partial charge in [0.2, 0.25) is 6.79 Å². The first kappa shape index (κ1) is 12.5. The fourth-order valence-corrected chi connectivity index (χ4v) is 2.73. The minimum Gasteiger partial charge on any atom is -0.454 e. The quantitative estimate of drug-likeness (QED) is 0.827. The summed E-state index contributed by atoms with van der Waals surface area (Å²) >= 11 is 0. The maximum atomic E-state index is 12.1. The number of fused-ring (bicyclic) bond motifs is 1.